The SMILES string of the molecule is Cc1ccc(C(N)=S)c(NC(CC(C)C)CN(C)C)c1. The second kappa shape index (κ2) is 7.60. The second-order valence-corrected chi connectivity index (χ2v) is 6.59. The zero-order valence-corrected chi connectivity index (χ0v) is 14.1. The first-order valence-corrected chi connectivity index (χ1v) is 7.52. The van der Waals surface area contributed by atoms with Gasteiger partial charge in [0.25, 0.3) is 0 Å². The summed E-state index contributed by atoms with van der Waals surface area (Å²) in [5.74, 6) is 0.644. The first-order chi connectivity index (χ1) is 9.29. The smallest absolute Gasteiger partial charge is 0.106 e. The third-order valence-electron chi connectivity index (χ3n) is 3.14. The minimum atomic E-state index is 0.389. The zero-order chi connectivity index (χ0) is 15.3. The Hall–Kier alpha value is -1.13. The average molecular weight is 293 g/mol. The van der Waals surface area contributed by atoms with Crippen molar-refractivity contribution >= 4 is 22.9 Å². The normalized spacial score (nSPS) is 12.8. The Balaban J connectivity index is 2.96. The fourth-order valence-electron chi connectivity index (χ4n) is 2.40. The third kappa shape index (κ3) is 5.47. The number of benzene rings is 1. The van der Waals surface area contributed by atoms with Crippen molar-refractivity contribution in [1.29, 1.82) is 0 Å². The Kier molecular flexibility index (Phi) is 6.43. The maximum Gasteiger partial charge on any atom is 0.106 e. The standard InChI is InChI=1S/C16H27N3S/c1-11(2)8-13(10-19(4)5)18-15-9-12(3)6-7-14(15)16(17)20/h6-7,9,11,13,18H,8,10H2,1-5H3,(H2,17,20). The van der Waals surface area contributed by atoms with E-state index in [1.54, 1.807) is 0 Å². The van der Waals surface area contributed by atoms with Gasteiger partial charge in [-0.2, -0.15) is 0 Å². The molecule has 0 aliphatic rings. The molecule has 0 heterocycles. The molecule has 0 fully saturated rings. The van der Waals surface area contributed by atoms with E-state index >= 15 is 0 Å². The van der Waals surface area contributed by atoms with Crippen molar-refractivity contribution in [1.82, 2.24) is 4.90 Å². The predicted molar refractivity (Wildman–Crippen MR) is 92.5 cm³/mol. The summed E-state index contributed by atoms with van der Waals surface area (Å²) in [4.78, 5) is 2.65. The lowest BCUT2D eigenvalue weighted by molar-refractivity contribution is 0.356. The largest absolute Gasteiger partial charge is 0.389 e. The quantitative estimate of drug-likeness (QED) is 0.758. The van der Waals surface area contributed by atoms with Gasteiger partial charge in [0.2, 0.25) is 0 Å². The van der Waals surface area contributed by atoms with Crippen LogP contribution in [-0.2, 0) is 0 Å². The molecule has 0 aliphatic carbocycles. The molecule has 1 unspecified atom stereocenters. The van der Waals surface area contributed by atoms with Crippen molar-refractivity contribution in [3.63, 3.8) is 0 Å². The van der Waals surface area contributed by atoms with Crippen molar-refractivity contribution in [3.05, 3.63) is 29.3 Å². The van der Waals surface area contributed by atoms with Crippen LogP contribution in [0.15, 0.2) is 18.2 Å². The molecule has 4 heteroatoms. The fraction of sp³-hybridized carbons (Fsp3) is 0.562. The molecule has 112 valence electrons. The van der Waals surface area contributed by atoms with Gasteiger partial charge in [-0.05, 0) is 51.1 Å². The minimum absolute atomic E-state index is 0.389. The highest BCUT2D eigenvalue weighted by atomic mass is 32.1. The van der Waals surface area contributed by atoms with Crippen LogP contribution in [0.3, 0.4) is 0 Å². The third-order valence-corrected chi connectivity index (χ3v) is 3.36. The van der Waals surface area contributed by atoms with E-state index in [1.165, 1.54) is 5.56 Å². The van der Waals surface area contributed by atoms with Crippen LogP contribution in [0.1, 0.15) is 31.4 Å². The van der Waals surface area contributed by atoms with Gasteiger partial charge in [0.15, 0.2) is 0 Å². The summed E-state index contributed by atoms with van der Waals surface area (Å²) < 4.78 is 0. The minimum Gasteiger partial charge on any atom is -0.389 e. The van der Waals surface area contributed by atoms with E-state index in [9.17, 15) is 0 Å². The highest BCUT2D eigenvalue weighted by molar-refractivity contribution is 7.80. The van der Waals surface area contributed by atoms with Gasteiger partial charge < -0.3 is 16.0 Å². The lowest BCUT2D eigenvalue weighted by atomic mass is 10.0. The van der Waals surface area contributed by atoms with Gasteiger partial charge in [-0.25, -0.2) is 0 Å². The van der Waals surface area contributed by atoms with Crippen LogP contribution in [0.5, 0.6) is 0 Å². The van der Waals surface area contributed by atoms with Crippen molar-refractivity contribution in [3.8, 4) is 0 Å². The number of nitrogens with zero attached hydrogens (tertiary/aromatic N) is 1. The van der Waals surface area contributed by atoms with Crippen LogP contribution >= 0.6 is 12.2 Å². The molecule has 0 saturated carbocycles. The fourth-order valence-corrected chi connectivity index (χ4v) is 2.58. The summed E-state index contributed by atoms with van der Waals surface area (Å²) in [5, 5.41) is 3.62. The molecule has 20 heavy (non-hydrogen) atoms. The van der Waals surface area contributed by atoms with E-state index < -0.39 is 0 Å². The molecule has 1 rings (SSSR count). The molecular formula is C16H27N3S. The first-order valence-electron chi connectivity index (χ1n) is 7.11. The molecule has 1 aromatic rings. The number of likely N-dealkylation sites (N-methyl/N-ethyl adjacent to an activating group) is 1. The van der Waals surface area contributed by atoms with E-state index in [0.717, 1.165) is 24.2 Å². The van der Waals surface area contributed by atoms with E-state index in [-0.39, 0.29) is 0 Å². The summed E-state index contributed by atoms with van der Waals surface area (Å²) in [6.45, 7) is 7.56. The number of hydrogen-bond donors (Lipinski definition) is 2. The molecule has 0 amide bonds. The maximum atomic E-state index is 5.82. The van der Waals surface area contributed by atoms with Crippen molar-refractivity contribution < 1.29 is 0 Å². The number of rotatable bonds is 7. The lowest BCUT2D eigenvalue weighted by Crippen LogP contribution is -2.34. The van der Waals surface area contributed by atoms with Crippen LogP contribution in [0.25, 0.3) is 0 Å². The maximum absolute atomic E-state index is 5.82. The van der Waals surface area contributed by atoms with Gasteiger partial charge in [-0.1, -0.05) is 32.1 Å². The summed E-state index contributed by atoms with van der Waals surface area (Å²) in [6.07, 6.45) is 1.11. The van der Waals surface area contributed by atoms with E-state index in [2.05, 4.69) is 51.1 Å². The summed E-state index contributed by atoms with van der Waals surface area (Å²) in [7, 11) is 4.19. The van der Waals surface area contributed by atoms with Crippen LogP contribution < -0.4 is 11.1 Å². The predicted octanol–water partition coefficient (Wildman–Crippen LogP) is 3.02. The van der Waals surface area contributed by atoms with Crippen LogP contribution in [-0.4, -0.2) is 36.6 Å². The number of thiocarbonyl (C=S) groups is 1. The Morgan fingerprint density at radius 1 is 1.35 bits per heavy atom. The lowest BCUT2D eigenvalue weighted by Gasteiger charge is -2.26. The van der Waals surface area contributed by atoms with E-state index in [4.69, 9.17) is 18.0 Å². The molecule has 0 radical (unpaired) electrons. The van der Waals surface area contributed by atoms with Gasteiger partial charge >= 0.3 is 0 Å². The molecule has 3 nitrogen and oxygen atoms in total. The summed E-state index contributed by atoms with van der Waals surface area (Å²) in [6, 6.07) is 6.56. The Labute approximate surface area is 128 Å². The van der Waals surface area contributed by atoms with Gasteiger partial charge in [0.05, 0.1) is 0 Å². The van der Waals surface area contributed by atoms with Gasteiger partial charge in [-0.15, -0.1) is 0 Å². The van der Waals surface area contributed by atoms with Crippen LogP contribution in [0.2, 0.25) is 0 Å². The monoisotopic (exact) mass is 293 g/mol. The number of aryl methyl sites for hydroxylation is 1. The number of nitrogens with two attached hydrogens (primary N) is 1. The number of hydrogen-bond acceptors (Lipinski definition) is 3. The Bertz CT molecular complexity index is 445. The topological polar surface area (TPSA) is 41.3 Å². The van der Waals surface area contributed by atoms with Gasteiger partial charge in [0.1, 0.15) is 4.99 Å². The number of nitrogens with one attached hydrogen (secondary N) is 1. The molecule has 0 aromatic heterocycles. The van der Waals surface area contributed by atoms with Crippen LogP contribution in [0.4, 0.5) is 5.69 Å². The highest BCUT2D eigenvalue weighted by Crippen LogP contribution is 2.20. The zero-order valence-electron chi connectivity index (χ0n) is 13.2. The number of anilines is 1. The van der Waals surface area contributed by atoms with E-state index in [1.807, 2.05) is 12.1 Å². The Morgan fingerprint density at radius 3 is 2.50 bits per heavy atom. The van der Waals surface area contributed by atoms with E-state index in [0.29, 0.717) is 16.9 Å². The Morgan fingerprint density at radius 2 is 2.00 bits per heavy atom. The first kappa shape index (κ1) is 16.9. The molecule has 0 spiro atoms. The summed E-state index contributed by atoms with van der Waals surface area (Å²) in [5.41, 5.74) is 9.01. The molecule has 1 atom stereocenters. The summed E-state index contributed by atoms with van der Waals surface area (Å²) >= 11 is 5.15. The average Bonchev–Trinajstić information content (AvgIpc) is 2.26. The molecule has 1 aromatic carbocycles. The second-order valence-electron chi connectivity index (χ2n) is 6.15. The molecular weight excluding hydrogens is 266 g/mol. The van der Waals surface area contributed by atoms with Gasteiger partial charge in [0, 0.05) is 23.8 Å². The van der Waals surface area contributed by atoms with Gasteiger partial charge in [-0.3, -0.25) is 0 Å². The van der Waals surface area contributed by atoms with Crippen molar-refractivity contribution in [2.24, 2.45) is 11.7 Å². The molecule has 3 N–H and O–H groups in total. The van der Waals surface area contributed by atoms with Crippen molar-refractivity contribution in [2.45, 2.75) is 33.2 Å². The molecule has 0 bridgehead atoms. The molecule has 0 aliphatic heterocycles. The van der Waals surface area contributed by atoms with Crippen LogP contribution in [0, 0.1) is 12.8 Å². The molecule has 0 saturated heterocycles. The highest BCUT2D eigenvalue weighted by Gasteiger charge is 2.14. The van der Waals surface area contributed by atoms with Crippen molar-refractivity contribution in [2.75, 3.05) is 26.0 Å².